The fourth-order valence-electron chi connectivity index (χ4n) is 2.74. The summed E-state index contributed by atoms with van der Waals surface area (Å²) in [4.78, 5) is 22.5. The molecule has 0 saturated heterocycles. The van der Waals surface area contributed by atoms with Gasteiger partial charge in [0.2, 0.25) is 5.95 Å². The van der Waals surface area contributed by atoms with E-state index in [1.165, 1.54) is 6.20 Å². The Hall–Kier alpha value is -3.73. The monoisotopic (exact) mass is 433 g/mol. The molecule has 0 fully saturated rings. The minimum absolute atomic E-state index is 0.187. The SMILES string of the molecule is Cc1cc(Nc2nccc(C(F)(F)F)n2)cc(-c2ccc(NC(CO)C(=O)O)nc2)c1. The van der Waals surface area contributed by atoms with Crippen molar-refractivity contribution in [1.29, 1.82) is 0 Å². The molecule has 0 radical (unpaired) electrons. The number of rotatable bonds is 7. The number of carboxylic acid groups (broad SMARTS) is 1. The number of nitrogens with zero attached hydrogens (tertiary/aromatic N) is 3. The summed E-state index contributed by atoms with van der Waals surface area (Å²) in [5.74, 6) is -1.12. The molecule has 1 aromatic carbocycles. The molecule has 0 aliphatic heterocycles. The van der Waals surface area contributed by atoms with Gasteiger partial charge in [0.25, 0.3) is 0 Å². The standard InChI is InChI=1S/C20H18F3N5O3/c1-11-6-13(12-2-3-17(25-9-12)27-15(10-29)18(30)31)8-14(7-11)26-19-24-5-4-16(28-19)20(21,22)23/h2-9,15,29H,10H2,1H3,(H,25,27)(H,30,31)(H,24,26,28). The van der Waals surface area contributed by atoms with Crippen LogP contribution < -0.4 is 10.6 Å². The molecular weight excluding hydrogens is 415 g/mol. The van der Waals surface area contributed by atoms with E-state index in [1.807, 2.05) is 13.0 Å². The first-order valence-electron chi connectivity index (χ1n) is 9.01. The number of anilines is 3. The van der Waals surface area contributed by atoms with Crippen LogP contribution in [0.25, 0.3) is 11.1 Å². The lowest BCUT2D eigenvalue weighted by molar-refractivity contribution is -0.141. The summed E-state index contributed by atoms with van der Waals surface area (Å²) in [6.07, 6.45) is -2.03. The molecule has 0 spiro atoms. The number of pyridine rings is 1. The Kier molecular flexibility index (Phi) is 6.35. The third-order valence-corrected chi connectivity index (χ3v) is 4.18. The molecule has 0 amide bonds. The summed E-state index contributed by atoms with van der Waals surface area (Å²) in [7, 11) is 0. The Morgan fingerprint density at radius 2 is 1.90 bits per heavy atom. The van der Waals surface area contributed by atoms with Crippen LogP contribution in [0.5, 0.6) is 0 Å². The Bertz CT molecular complexity index is 1070. The van der Waals surface area contributed by atoms with Gasteiger partial charge in [0.05, 0.1) is 6.61 Å². The highest BCUT2D eigenvalue weighted by molar-refractivity contribution is 5.77. The molecule has 0 saturated carbocycles. The number of aliphatic hydroxyl groups excluding tert-OH is 1. The molecule has 11 heteroatoms. The van der Waals surface area contributed by atoms with Gasteiger partial charge in [0, 0.05) is 23.6 Å². The number of nitrogens with one attached hydrogen (secondary N) is 2. The number of hydrogen-bond acceptors (Lipinski definition) is 7. The molecule has 0 aliphatic rings. The van der Waals surface area contributed by atoms with Gasteiger partial charge in [-0.05, 0) is 48.4 Å². The molecule has 162 valence electrons. The van der Waals surface area contributed by atoms with Crippen LogP contribution in [0.1, 0.15) is 11.3 Å². The van der Waals surface area contributed by atoms with Crippen molar-refractivity contribution in [2.24, 2.45) is 0 Å². The average molecular weight is 433 g/mol. The Labute approximate surface area is 174 Å². The van der Waals surface area contributed by atoms with E-state index in [4.69, 9.17) is 10.2 Å². The molecule has 4 N–H and O–H groups in total. The molecule has 31 heavy (non-hydrogen) atoms. The second kappa shape index (κ2) is 8.96. The third-order valence-electron chi connectivity index (χ3n) is 4.18. The Morgan fingerprint density at radius 1 is 1.13 bits per heavy atom. The van der Waals surface area contributed by atoms with Crippen molar-refractivity contribution in [2.75, 3.05) is 17.2 Å². The zero-order chi connectivity index (χ0) is 22.6. The molecule has 3 aromatic rings. The molecule has 3 rings (SSSR count). The predicted molar refractivity (Wildman–Crippen MR) is 107 cm³/mol. The van der Waals surface area contributed by atoms with Crippen molar-refractivity contribution < 1.29 is 28.2 Å². The van der Waals surface area contributed by atoms with E-state index in [0.29, 0.717) is 11.3 Å². The number of benzene rings is 1. The fourth-order valence-corrected chi connectivity index (χ4v) is 2.74. The third kappa shape index (κ3) is 5.66. The number of aryl methyl sites for hydroxylation is 1. The topological polar surface area (TPSA) is 120 Å². The predicted octanol–water partition coefficient (Wildman–Crippen LogP) is 3.47. The molecular formula is C20H18F3N5O3. The maximum Gasteiger partial charge on any atom is 0.433 e. The summed E-state index contributed by atoms with van der Waals surface area (Å²) >= 11 is 0. The lowest BCUT2D eigenvalue weighted by atomic mass is 10.0. The van der Waals surface area contributed by atoms with Gasteiger partial charge in [0.15, 0.2) is 0 Å². The number of aliphatic carboxylic acids is 1. The maximum atomic E-state index is 12.9. The van der Waals surface area contributed by atoms with Crippen molar-refractivity contribution in [3.63, 3.8) is 0 Å². The number of alkyl halides is 3. The lowest BCUT2D eigenvalue weighted by Gasteiger charge is -2.13. The lowest BCUT2D eigenvalue weighted by Crippen LogP contribution is -2.33. The fraction of sp³-hybridized carbons (Fsp3) is 0.200. The summed E-state index contributed by atoms with van der Waals surface area (Å²) in [6, 6.07) is 8.16. The van der Waals surface area contributed by atoms with Gasteiger partial charge >= 0.3 is 12.1 Å². The molecule has 8 nitrogen and oxygen atoms in total. The normalized spacial score (nSPS) is 12.3. The molecule has 0 aliphatic carbocycles. The van der Waals surface area contributed by atoms with Gasteiger partial charge in [-0.25, -0.2) is 19.7 Å². The smallest absolute Gasteiger partial charge is 0.433 e. The van der Waals surface area contributed by atoms with Gasteiger partial charge in [0.1, 0.15) is 17.6 Å². The van der Waals surface area contributed by atoms with Crippen molar-refractivity contribution in [3.05, 3.63) is 60.0 Å². The largest absolute Gasteiger partial charge is 0.480 e. The summed E-state index contributed by atoms with van der Waals surface area (Å²) in [6.45, 7) is 1.23. The van der Waals surface area contributed by atoms with E-state index in [1.54, 1.807) is 24.3 Å². The zero-order valence-electron chi connectivity index (χ0n) is 16.2. The van der Waals surface area contributed by atoms with Crippen LogP contribution in [-0.2, 0) is 11.0 Å². The van der Waals surface area contributed by atoms with E-state index in [0.717, 1.165) is 23.4 Å². The van der Waals surface area contributed by atoms with Gasteiger partial charge in [-0.1, -0.05) is 6.07 Å². The van der Waals surface area contributed by atoms with Crippen LogP contribution in [0.3, 0.4) is 0 Å². The van der Waals surface area contributed by atoms with Crippen LogP contribution >= 0.6 is 0 Å². The first-order valence-corrected chi connectivity index (χ1v) is 9.01. The quantitative estimate of drug-likeness (QED) is 0.447. The van der Waals surface area contributed by atoms with Crippen molar-refractivity contribution in [1.82, 2.24) is 15.0 Å². The number of carbonyl (C=O) groups is 1. The van der Waals surface area contributed by atoms with E-state index < -0.39 is 30.5 Å². The summed E-state index contributed by atoms with van der Waals surface area (Å²) < 4.78 is 38.6. The second-order valence-corrected chi connectivity index (χ2v) is 6.63. The minimum Gasteiger partial charge on any atom is -0.480 e. The van der Waals surface area contributed by atoms with Crippen LogP contribution in [0.2, 0.25) is 0 Å². The van der Waals surface area contributed by atoms with Gasteiger partial charge in [-0.15, -0.1) is 0 Å². The number of halogens is 3. The highest BCUT2D eigenvalue weighted by Crippen LogP contribution is 2.29. The molecule has 2 aromatic heterocycles. The highest BCUT2D eigenvalue weighted by atomic mass is 19.4. The number of aromatic nitrogens is 3. The van der Waals surface area contributed by atoms with Crippen molar-refractivity contribution in [3.8, 4) is 11.1 Å². The first kappa shape index (κ1) is 22.0. The van der Waals surface area contributed by atoms with Crippen LogP contribution in [0.4, 0.5) is 30.6 Å². The molecule has 2 heterocycles. The summed E-state index contributed by atoms with van der Waals surface area (Å²) in [5.41, 5.74) is 1.69. The van der Waals surface area contributed by atoms with E-state index in [2.05, 4.69) is 25.6 Å². The number of carboxylic acids is 1. The van der Waals surface area contributed by atoms with E-state index >= 15 is 0 Å². The van der Waals surface area contributed by atoms with Crippen LogP contribution in [0, 0.1) is 6.92 Å². The van der Waals surface area contributed by atoms with Crippen LogP contribution in [0.15, 0.2) is 48.8 Å². The van der Waals surface area contributed by atoms with Crippen LogP contribution in [-0.4, -0.2) is 43.8 Å². The maximum absolute atomic E-state index is 12.9. The summed E-state index contributed by atoms with van der Waals surface area (Å²) in [5, 5.41) is 23.4. The highest BCUT2D eigenvalue weighted by Gasteiger charge is 2.32. The number of aliphatic hydroxyl groups is 1. The van der Waals surface area contributed by atoms with Gasteiger partial charge in [-0.2, -0.15) is 13.2 Å². The van der Waals surface area contributed by atoms with Gasteiger partial charge < -0.3 is 20.8 Å². The Balaban J connectivity index is 1.82. The van der Waals surface area contributed by atoms with E-state index in [9.17, 15) is 18.0 Å². The van der Waals surface area contributed by atoms with E-state index in [-0.39, 0.29) is 11.8 Å². The van der Waals surface area contributed by atoms with Crippen molar-refractivity contribution in [2.45, 2.75) is 19.1 Å². The minimum atomic E-state index is -4.58. The van der Waals surface area contributed by atoms with Gasteiger partial charge in [-0.3, -0.25) is 0 Å². The van der Waals surface area contributed by atoms with Crippen molar-refractivity contribution >= 4 is 23.4 Å². The molecule has 0 bridgehead atoms. The Morgan fingerprint density at radius 3 is 2.52 bits per heavy atom. The first-order chi connectivity index (χ1) is 14.7. The zero-order valence-corrected chi connectivity index (χ0v) is 16.2. The molecule has 1 unspecified atom stereocenters. The average Bonchev–Trinajstić information content (AvgIpc) is 2.71. The second-order valence-electron chi connectivity index (χ2n) is 6.63. The molecule has 1 atom stereocenters. The number of hydrogen-bond donors (Lipinski definition) is 4.